The zero-order valence-electron chi connectivity index (χ0n) is 9.39. The molecule has 0 radical (unpaired) electrons. The topological polar surface area (TPSA) is 92.9 Å². The molecule has 16 heavy (non-hydrogen) atoms. The number of carboxylic acids is 1. The Kier molecular flexibility index (Phi) is 4.70. The Hall–Kier alpha value is -1.14. The molecule has 1 fully saturated rings. The van der Waals surface area contributed by atoms with Crippen LogP contribution >= 0.6 is 0 Å². The summed E-state index contributed by atoms with van der Waals surface area (Å²) in [6.07, 6.45) is 0.394. The van der Waals surface area contributed by atoms with Crippen molar-refractivity contribution in [3.63, 3.8) is 0 Å². The molecule has 0 bridgehead atoms. The van der Waals surface area contributed by atoms with Crippen molar-refractivity contribution >= 4 is 11.9 Å². The number of amides is 1. The lowest BCUT2D eigenvalue weighted by Crippen LogP contribution is -2.47. The van der Waals surface area contributed by atoms with Crippen molar-refractivity contribution in [1.82, 2.24) is 4.90 Å². The van der Waals surface area contributed by atoms with Crippen molar-refractivity contribution in [3.05, 3.63) is 0 Å². The van der Waals surface area contributed by atoms with Crippen molar-refractivity contribution in [2.45, 2.75) is 18.9 Å². The van der Waals surface area contributed by atoms with Gasteiger partial charge >= 0.3 is 5.97 Å². The molecule has 6 heteroatoms. The largest absolute Gasteiger partial charge is 0.481 e. The number of aliphatic carboxylic acids is 1. The van der Waals surface area contributed by atoms with Gasteiger partial charge < -0.3 is 20.5 Å². The first kappa shape index (κ1) is 12.9. The van der Waals surface area contributed by atoms with Crippen LogP contribution in [0.4, 0.5) is 0 Å². The molecule has 1 unspecified atom stereocenters. The van der Waals surface area contributed by atoms with E-state index in [2.05, 4.69) is 0 Å². The molecular formula is C10H18N2O4. The quantitative estimate of drug-likeness (QED) is 0.665. The molecule has 0 aromatic rings. The van der Waals surface area contributed by atoms with Crippen LogP contribution in [0.2, 0.25) is 0 Å². The molecule has 0 aliphatic carbocycles. The third-order valence-corrected chi connectivity index (χ3v) is 2.93. The molecule has 0 aromatic heterocycles. The van der Waals surface area contributed by atoms with Gasteiger partial charge in [0, 0.05) is 26.7 Å². The highest BCUT2D eigenvalue weighted by molar-refractivity contribution is 5.81. The number of carbonyl (C=O) groups excluding carboxylic acids is 1. The minimum atomic E-state index is -0.783. The monoisotopic (exact) mass is 230 g/mol. The number of hydrogen-bond acceptors (Lipinski definition) is 4. The Labute approximate surface area is 94.3 Å². The third-order valence-electron chi connectivity index (χ3n) is 2.93. The van der Waals surface area contributed by atoms with Crippen LogP contribution in [0.5, 0.6) is 0 Å². The lowest BCUT2D eigenvalue weighted by atomic mass is 9.97. The molecular weight excluding hydrogens is 212 g/mol. The van der Waals surface area contributed by atoms with Gasteiger partial charge in [-0.3, -0.25) is 9.59 Å². The molecule has 1 rings (SSSR count). The van der Waals surface area contributed by atoms with E-state index in [1.807, 2.05) is 0 Å². The van der Waals surface area contributed by atoms with Crippen molar-refractivity contribution in [1.29, 1.82) is 0 Å². The van der Waals surface area contributed by atoms with E-state index >= 15 is 0 Å². The normalized spacial score (nSPS) is 19.5. The van der Waals surface area contributed by atoms with E-state index in [0.29, 0.717) is 25.9 Å². The van der Waals surface area contributed by atoms with E-state index < -0.39 is 12.1 Å². The summed E-state index contributed by atoms with van der Waals surface area (Å²) in [5.74, 6) is -1.26. The molecule has 0 saturated carbocycles. The highest BCUT2D eigenvalue weighted by Gasteiger charge is 2.29. The Morgan fingerprint density at radius 1 is 1.50 bits per heavy atom. The van der Waals surface area contributed by atoms with E-state index in [4.69, 9.17) is 15.6 Å². The number of likely N-dealkylation sites (tertiary alicyclic amines) is 1. The van der Waals surface area contributed by atoms with Crippen LogP contribution in [0, 0.1) is 5.92 Å². The smallest absolute Gasteiger partial charge is 0.306 e. The zero-order valence-corrected chi connectivity index (χ0v) is 9.39. The van der Waals surface area contributed by atoms with Crippen LogP contribution in [0.3, 0.4) is 0 Å². The fraction of sp³-hybridized carbons (Fsp3) is 0.800. The lowest BCUT2D eigenvalue weighted by Gasteiger charge is -2.32. The summed E-state index contributed by atoms with van der Waals surface area (Å²) < 4.78 is 4.96. The Bertz CT molecular complexity index is 258. The van der Waals surface area contributed by atoms with Gasteiger partial charge in [0.25, 0.3) is 5.91 Å². The maximum atomic E-state index is 11.8. The number of methoxy groups -OCH3 is 1. The maximum absolute atomic E-state index is 11.8. The van der Waals surface area contributed by atoms with Crippen LogP contribution in [0.25, 0.3) is 0 Å². The number of nitrogens with two attached hydrogens (primary N) is 1. The predicted molar refractivity (Wildman–Crippen MR) is 56.8 cm³/mol. The van der Waals surface area contributed by atoms with Gasteiger partial charge in [-0.1, -0.05) is 0 Å². The third kappa shape index (κ3) is 2.93. The number of ether oxygens (including phenoxy) is 1. The van der Waals surface area contributed by atoms with E-state index in [-0.39, 0.29) is 18.4 Å². The molecule has 3 N–H and O–H groups in total. The minimum absolute atomic E-state index is 0.145. The molecule has 1 aliphatic rings. The van der Waals surface area contributed by atoms with Crippen molar-refractivity contribution in [2.75, 3.05) is 26.7 Å². The average molecular weight is 230 g/mol. The summed E-state index contributed by atoms with van der Waals surface area (Å²) in [6.45, 7) is 1.08. The molecule has 92 valence electrons. The number of carbonyl (C=O) groups is 2. The standard InChI is InChI=1S/C10H18N2O4/c1-16-8(6-11)9(13)12-4-2-7(3-5-12)10(14)15/h7-8H,2-6,11H2,1H3,(H,14,15). The second kappa shape index (κ2) is 5.81. The summed E-state index contributed by atoms with van der Waals surface area (Å²) in [5, 5.41) is 8.82. The lowest BCUT2D eigenvalue weighted by molar-refractivity contribution is -0.149. The van der Waals surface area contributed by atoms with Gasteiger partial charge in [0.2, 0.25) is 0 Å². The number of hydrogen-bond donors (Lipinski definition) is 2. The van der Waals surface area contributed by atoms with Crippen LogP contribution in [0.1, 0.15) is 12.8 Å². The van der Waals surface area contributed by atoms with Crippen molar-refractivity contribution < 1.29 is 19.4 Å². The molecule has 0 spiro atoms. The van der Waals surface area contributed by atoms with E-state index in [0.717, 1.165) is 0 Å². The fourth-order valence-electron chi connectivity index (χ4n) is 1.85. The first-order chi connectivity index (χ1) is 7.60. The zero-order chi connectivity index (χ0) is 12.1. The van der Waals surface area contributed by atoms with Crippen LogP contribution in [0.15, 0.2) is 0 Å². The van der Waals surface area contributed by atoms with E-state index in [1.54, 1.807) is 4.90 Å². The predicted octanol–water partition coefficient (Wildman–Crippen LogP) is -0.717. The number of nitrogens with zero attached hydrogens (tertiary/aromatic N) is 1. The van der Waals surface area contributed by atoms with Crippen molar-refractivity contribution in [3.8, 4) is 0 Å². The average Bonchev–Trinajstić information content (AvgIpc) is 2.30. The molecule has 6 nitrogen and oxygen atoms in total. The summed E-state index contributed by atoms with van der Waals surface area (Å²) >= 11 is 0. The maximum Gasteiger partial charge on any atom is 0.306 e. The van der Waals surface area contributed by atoms with Crippen LogP contribution in [-0.2, 0) is 14.3 Å². The summed E-state index contributed by atoms with van der Waals surface area (Å²) in [7, 11) is 1.44. The minimum Gasteiger partial charge on any atom is -0.481 e. The fourth-order valence-corrected chi connectivity index (χ4v) is 1.85. The molecule has 1 amide bonds. The van der Waals surface area contributed by atoms with Gasteiger partial charge in [0.05, 0.1) is 5.92 Å². The number of rotatable bonds is 4. The van der Waals surface area contributed by atoms with E-state index in [1.165, 1.54) is 7.11 Å². The van der Waals surface area contributed by atoms with Crippen LogP contribution in [-0.4, -0.2) is 54.7 Å². The van der Waals surface area contributed by atoms with Gasteiger partial charge in [-0.05, 0) is 12.8 Å². The first-order valence-corrected chi connectivity index (χ1v) is 5.34. The Morgan fingerprint density at radius 3 is 2.44 bits per heavy atom. The van der Waals surface area contributed by atoms with Gasteiger partial charge in [-0.15, -0.1) is 0 Å². The highest BCUT2D eigenvalue weighted by Crippen LogP contribution is 2.18. The molecule has 1 heterocycles. The summed E-state index contributed by atoms with van der Waals surface area (Å²) in [5.41, 5.74) is 5.40. The second-order valence-corrected chi connectivity index (χ2v) is 3.90. The Morgan fingerprint density at radius 2 is 2.06 bits per heavy atom. The molecule has 1 saturated heterocycles. The molecule has 0 aromatic carbocycles. The summed E-state index contributed by atoms with van der Waals surface area (Å²) in [6, 6.07) is 0. The molecule has 1 aliphatic heterocycles. The summed E-state index contributed by atoms with van der Waals surface area (Å²) in [4.78, 5) is 24.2. The van der Waals surface area contributed by atoms with Gasteiger partial charge in [0.1, 0.15) is 6.10 Å². The molecule has 1 atom stereocenters. The number of piperidine rings is 1. The van der Waals surface area contributed by atoms with E-state index in [9.17, 15) is 9.59 Å². The SMILES string of the molecule is COC(CN)C(=O)N1CCC(C(=O)O)CC1. The Balaban J connectivity index is 2.47. The van der Waals surface area contributed by atoms with Crippen LogP contribution < -0.4 is 5.73 Å². The van der Waals surface area contributed by atoms with Gasteiger partial charge in [0.15, 0.2) is 0 Å². The van der Waals surface area contributed by atoms with Gasteiger partial charge in [-0.2, -0.15) is 0 Å². The second-order valence-electron chi connectivity index (χ2n) is 3.90. The van der Waals surface area contributed by atoms with Gasteiger partial charge in [-0.25, -0.2) is 0 Å². The number of carboxylic acid groups (broad SMARTS) is 1. The van der Waals surface area contributed by atoms with Crippen molar-refractivity contribution in [2.24, 2.45) is 11.7 Å². The highest BCUT2D eigenvalue weighted by atomic mass is 16.5. The first-order valence-electron chi connectivity index (χ1n) is 5.34.